The molecule has 5 heteroatoms. The monoisotopic (exact) mass is 524 g/mol. The van der Waals surface area contributed by atoms with Gasteiger partial charge in [-0.3, -0.25) is 4.98 Å². The van der Waals surface area contributed by atoms with E-state index in [1.165, 1.54) is 23.4 Å². The van der Waals surface area contributed by atoms with E-state index in [1.54, 1.807) is 12.1 Å². The maximum absolute atomic E-state index is 10.1. The molecule has 4 rings (SSSR count). The van der Waals surface area contributed by atoms with Crippen molar-refractivity contribution in [3.63, 3.8) is 0 Å². The predicted octanol–water partition coefficient (Wildman–Crippen LogP) is 3.91. The molecule has 3 aromatic rings. The maximum Gasteiger partial charge on any atom is 0.354 e. The number of hydrogen-bond donors (Lipinski definition) is 1. The van der Waals surface area contributed by atoms with Crippen LogP contribution < -0.4 is 0 Å². The third-order valence-electron chi connectivity index (χ3n) is 4.50. The van der Waals surface area contributed by atoms with Crippen molar-refractivity contribution in [3.05, 3.63) is 95.6 Å². The van der Waals surface area contributed by atoms with Crippen LogP contribution in [-0.2, 0) is 31.9 Å². The van der Waals surface area contributed by atoms with Gasteiger partial charge in [-0.25, -0.2) is 9.78 Å². The molecule has 0 spiro atoms. The van der Waals surface area contributed by atoms with E-state index in [0.717, 1.165) is 18.5 Å². The third-order valence-corrected chi connectivity index (χ3v) is 4.50. The van der Waals surface area contributed by atoms with E-state index in [4.69, 9.17) is 5.11 Å². The Labute approximate surface area is 166 Å². The Morgan fingerprint density at radius 1 is 1.08 bits per heavy atom. The fourth-order valence-electron chi connectivity index (χ4n) is 3.14. The standard InChI is InChI=1S/C15H14N.C6H5NO2.Ir/c1-15(14-8-4-5-11-16-14)10-9-12-6-2-3-7-13(12)15;8-6(9)5-3-1-2-4-7-5;/h2-6,8,11H,9-10H2,1H3;1-4H,(H,8,9);/q-1;;. The number of carboxylic acid groups (broad SMARTS) is 1. The number of pyridine rings is 2. The smallest absolute Gasteiger partial charge is 0.354 e. The van der Waals surface area contributed by atoms with E-state index in [0.29, 0.717) is 0 Å². The first-order valence-electron chi connectivity index (χ1n) is 8.17. The molecule has 0 bridgehead atoms. The van der Waals surface area contributed by atoms with Crippen LogP contribution in [0.1, 0.15) is 40.7 Å². The van der Waals surface area contributed by atoms with Gasteiger partial charge in [-0.05, 0) is 30.7 Å². The molecule has 1 aliphatic carbocycles. The number of carboxylic acids is 1. The van der Waals surface area contributed by atoms with Gasteiger partial charge in [0.15, 0.2) is 0 Å². The maximum atomic E-state index is 10.1. The molecule has 0 fully saturated rings. The number of nitrogens with zero attached hydrogens (tertiary/aromatic N) is 2. The van der Waals surface area contributed by atoms with E-state index in [2.05, 4.69) is 47.2 Å². The van der Waals surface area contributed by atoms with E-state index < -0.39 is 5.97 Å². The van der Waals surface area contributed by atoms with Gasteiger partial charge in [0.05, 0.1) is 0 Å². The van der Waals surface area contributed by atoms with Crippen LogP contribution in [0.15, 0.2) is 67.0 Å². The zero-order chi connectivity index (χ0) is 17.7. The van der Waals surface area contributed by atoms with Crippen molar-refractivity contribution >= 4 is 5.97 Å². The van der Waals surface area contributed by atoms with Gasteiger partial charge in [0.2, 0.25) is 0 Å². The molecule has 0 aliphatic heterocycles. The number of carbonyl (C=O) groups is 1. The molecule has 1 aliphatic rings. The second-order valence-electron chi connectivity index (χ2n) is 6.14. The topological polar surface area (TPSA) is 63.1 Å². The number of aromatic nitrogens is 2. The first-order valence-corrected chi connectivity index (χ1v) is 8.17. The van der Waals surface area contributed by atoms with Crippen LogP contribution in [0.2, 0.25) is 0 Å². The Kier molecular flexibility index (Phi) is 6.78. The van der Waals surface area contributed by atoms with Crippen molar-refractivity contribution < 1.29 is 30.0 Å². The van der Waals surface area contributed by atoms with Crippen molar-refractivity contribution in [2.24, 2.45) is 0 Å². The van der Waals surface area contributed by atoms with Crippen LogP contribution in [0, 0.1) is 6.07 Å². The van der Waals surface area contributed by atoms with E-state index >= 15 is 0 Å². The van der Waals surface area contributed by atoms with Gasteiger partial charge in [0.25, 0.3) is 0 Å². The molecule has 1 N–H and O–H groups in total. The quantitative estimate of drug-likeness (QED) is 0.518. The molecular weight excluding hydrogens is 504 g/mol. The molecule has 0 amide bonds. The Hall–Kier alpha value is -2.36. The molecule has 1 aromatic carbocycles. The summed E-state index contributed by atoms with van der Waals surface area (Å²) in [5, 5.41) is 8.32. The second-order valence-corrected chi connectivity index (χ2v) is 6.14. The molecule has 1 atom stereocenters. The molecule has 1 radical (unpaired) electrons. The Morgan fingerprint density at radius 3 is 2.38 bits per heavy atom. The van der Waals surface area contributed by atoms with Crippen LogP contribution in [0.4, 0.5) is 0 Å². The third kappa shape index (κ3) is 4.24. The van der Waals surface area contributed by atoms with Crippen LogP contribution in [-0.4, -0.2) is 21.0 Å². The SMILES string of the molecule is CC1(c2ccccn2)CCc2ccc[c-]c21.O=C(O)c1ccccn1.[Ir]. The Bertz CT molecular complexity index is 856. The summed E-state index contributed by atoms with van der Waals surface area (Å²) in [6, 6.07) is 20.6. The minimum Gasteiger partial charge on any atom is -0.477 e. The van der Waals surface area contributed by atoms with Gasteiger partial charge >= 0.3 is 5.97 Å². The Balaban J connectivity index is 0.000000210. The average Bonchev–Trinajstić information content (AvgIpc) is 3.02. The molecule has 1 unspecified atom stereocenters. The van der Waals surface area contributed by atoms with Crippen LogP contribution in [0.3, 0.4) is 0 Å². The average molecular weight is 524 g/mol. The van der Waals surface area contributed by atoms with Gasteiger partial charge < -0.3 is 5.11 Å². The van der Waals surface area contributed by atoms with E-state index in [1.807, 2.05) is 18.3 Å². The molecule has 135 valence electrons. The van der Waals surface area contributed by atoms with E-state index in [9.17, 15) is 4.79 Å². The van der Waals surface area contributed by atoms with Crippen LogP contribution in [0.5, 0.6) is 0 Å². The van der Waals surface area contributed by atoms with Gasteiger partial charge in [0.1, 0.15) is 5.69 Å². The molecule has 26 heavy (non-hydrogen) atoms. The summed E-state index contributed by atoms with van der Waals surface area (Å²) in [5.41, 5.74) is 4.05. The number of benzene rings is 1. The number of rotatable bonds is 2. The minimum atomic E-state index is -0.990. The molecule has 2 aromatic heterocycles. The number of aromatic carboxylic acids is 1. The molecular formula is C21H19IrN2O2-. The summed E-state index contributed by atoms with van der Waals surface area (Å²) in [4.78, 5) is 18.2. The van der Waals surface area contributed by atoms with E-state index in [-0.39, 0.29) is 31.2 Å². The van der Waals surface area contributed by atoms with Gasteiger partial charge in [-0.1, -0.05) is 25.5 Å². The summed E-state index contributed by atoms with van der Waals surface area (Å²) in [5.74, 6) is -0.990. The predicted molar refractivity (Wildman–Crippen MR) is 95.5 cm³/mol. The fourth-order valence-corrected chi connectivity index (χ4v) is 3.14. The summed E-state index contributed by atoms with van der Waals surface area (Å²) in [7, 11) is 0. The van der Waals surface area contributed by atoms with Gasteiger partial charge in [-0.15, -0.1) is 5.56 Å². The summed E-state index contributed by atoms with van der Waals surface area (Å²) < 4.78 is 0. The molecule has 0 saturated heterocycles. The van der Waals surface area contributed by atoms with Crippen LogP contribution in [0.25, 0.3) is 0 Å². The van der Waals surface area contributed by atoms with Crippen molar-refractivity contribution in [2.75, 3.05) is 0 Å². The number of aryl methyl sites for hydroxylation is 1. The second kappa shape index (κ2) is 8.84. The van der Waals surface area contributed by atoms with Crippen molar-refractivity contribution in [1.29, 1.82) is 0 Å². The molecule has 2 heterocycles. The zero-order valence-corrected chi connectivity index (χ0v) is 16.7. The van der Waals surface area contributed by atoms with Crippen molar-refractivity contribution in [2.45, 2.75) is 25.2 Å². The fraction of sp³-hybridized carbons (Fsp3) is 0.190. The molecule has 0 saturated carbocycles. The van der Waals surface area contributed by atoms with Crippen LogP contribution >= 0.6 is 0 Å². The van der Waals surface area contributed by atoms with Gasteiger partial charge in [0, 0.05) is 43.6 Å². The van der Waals surface area contributed by atoms with Gasteiger partial charge in [-0.2, -0.15) is 29.8 Å². The number of fused-ring (bicyclic) bond motifs is 1. The summed E-state index contributed by atoms with van der Waals surface area (Å²) in [6.07, 6.45) is 5.60. The molecule has 4 nitrogen and oxygen atoms in total. The van der Waals surface area contributed by atoms with Crippen molar-refractivity contribution in [1.82, 2.24) is 9.97 Å². The minimum absolute atomic E-state index is 0. The summed E-state index contributed by atoms with van der Waals surface area (Å²) in [6.45, 7) is 2.28. The largest absolute Gasteiger partial charge is 0.477 e. The normalized spacial score (nSPS) is 17.3. The number of hydrogen-bond acceptors (Lipinski definition) is 3. The van der Waals surface area contributed by atoms with Crippen molar-refractivity contribution in [3.8, 4) is 0 Å². The summed E-state index contributed by atoms with van der Waals surface area (Å²) >= 11 is 0. The Morgan fingerprint density at radius 2 is 1.81 bits per heavy atom. The zero-order valence-electron chi connectivity index (χ0n) is 14.3. The first-order chi connectivity index (χ1) is 12.1. The first kappa shape index (κ1) is 20.0.